The number of pyridine rings is 1. The van der Waals surface area contributed by atoms with E-state index in [4.69, 9.17) is 14.2 Å². The molecular formula is C22H31N5O6S. The number of carbonyl (C=O) groups excluding carboxylic acids is 1. The first-order valence-corrected chi connectivity index (χ1v) is 13.0. The molecule has 12 heteroatoms. The molecule has 34 heavy (non-hydrogen) atoms. The minimum Gasteiger partial charge on any atom is -0.486 e. The van der Waals surface area contributed by atoms with Crippen LogP contribution in [0.5, 0.6) is 11.6 Å². The first-order chi connectivity index (χ1) is 16.1. The van der Waals surface area contributed by atoms with Crippen LogP contribution in [0, 0.1) is 6.92 Å². The molecule has 0 aromatic carbocycles. The van der Waals surface area contributed by atoms with Crippen molar-refractivity contribution >= 4 is 27.4 Å². The quantitative estimate of drug-likeness (QED) is 0.585. The van der Waals surface area contributed by atoms with Crippen molar-refractivity contribution in [3.63, 3.8) is 0 Å². The smallest absolute Gasteiger partial charge is 0.410 e. The van der Waals surface area contributed by atoms with Crippen LogP contribution in [0.2, 0.25) is 0 Å². The predicted octanol–water partition coefficient (Wildman–Crippen LogP) is 3.11. The molecule has 2 aromatic rings. The summed E-state index contributed by atoms with van der Waals surface area (Å²) in [5.41, 5.74) is 1.07. The second-order valence-electron chi connectivity index (χ2n) is 8.21. The van der Waals surface area contributed by atoms with Gasteiger partial charge in [-0.25, -0.2) is 23.2 Å². The average Bonchev–Trinajstić information content (AvgIpc) is 2.76. The van der Waals surface area contributed by atoms with Gasteiger partial charge in [0, 0.05) is 32.2 Å². The van der Waals surface area contributed by atoms with E-state index in [1.165, 1.54) is 12.4 Å². The molecule has 1 saturated heterocycles. The number of hydrogen-bond acceptors (Lipinski definition) is 10. The maximum atomic E-state index is 12.1. The molecule has 0 unspecified atom stereocenters. The SMILES string of the molecule is CCOc1c(Nc2ccc(S(C)(=O)=O)nc2C)ncnc1OC1CCN(C(=O)OC(C)C)CC1. The van der Waals surface area contributed by atoms with Gasteiger partial charge in [0.2, 0.25) is 5.75 Å². The summed E-state index contributed by atoms with van der Waals surface area (Å²) in [6.07, 6.45) is 3.10. The van der Waals surface area contributed by atoms with Crippen LogP contribution in [-0.4, -0.2) is 72.5 Å². The van der Waals surface area contributed by atoms with Crippen molar-refractivity contribution in [1.82, 2.24) is 19.9 Å². The Balaban J connectivity index is 1.74. The molecule has 0 spiro atoms. The number of sulfone groups is 1. The van der Waals surface area contributed by atoms with Gasteiger partial charge in [-0.15, -0.1) is 0 Å². The summed E-state index contributed by atoms with van der Waals surface area (Å²) in [6.45, 7) is 8.59. The van der Waals surface area contributed by atoms with Crippen molar-refractivity contribution in [1.29, 1.82) is 0 Å². The van der Waals surface area contributed by atoms with Gasteiger partial charge in [0.1, 0.15) is 12.4 Å². The molecule has 1 amide bonds. The molecule has 2 aromatic heterocycles. The maximum absolute atomic E-state index is 12.1. The van der Waals surface area contributed by atoms with E-state index < -0.39 is 9.84 Å². The lowest BCUT2D eigenvalue weighted by molar-refractivity contribution is 0.0498. The standard InChI is InChI=1S/C22H31N5O6S/c1-6-31-19-20(26-17-7-8-18(25-15(17)4)34(5,29)30)23-13-24-21(19)33-16-9-11-27(12-10-16)22(28)32-14(2)3/h7-8,13-14,16H,6,9-12H2,1-5H3,(H,23,24,26). The van der Waals surface area contributed by atoms with Gasteiger partial charge < -0.3 is 24.4 Å². The maximum Gasteiger partial charge on any atom is 0.410 e. The third-order valence-corrected chi connectivity index (χ3v) is 6.06. The van der Waals surface area contributed by atoms with E-state index >= 15 is 0 Å². The van der Waals surface area contributed by atoms with Gasteiger partial charge in [-0.05, 0) is 39.8 Å². The van der Waals surface area contributed by atoms with E-state index in [0.717, 1.165) is 6.26 Å². The molecule has 0 radical (unpaired) electrons. The molecule has 0 bridgehead atoms. The molecule has 11 nitrogen and oxygen atoms in total. The van der Waals surface area contributed by atoms with Crippen LogP contribution in [0.4, 0.5) is 16.3 Å². The zero-order valence-corrected chi connectivity index (χ0v) is 20.9. The summed E-state index contributed by atoms with van der Waals surface area (Å²) >= 11 is 0. The lowest BCUT2D eigenvalue weighted by Crippen LogP contribution is -2.42. The number of likely N-dealkylation sites (tertiary alicyclic amines) is 1. The Bertz CT molecular complexity index is 1120. The summed E-state index contributed by atoms with van der Waals surface area (Å²) in [5.74, 6) is 1.01. The summed E-state index contributed by atoms with van der Waals surface area (Å²) in [6, 6.07) is 3.06. The number of anilines is 2. The molecular weight excluding hydrogens is 462 g/mol. The number of hydrogen-bond donors (Lipinski definition) is 1. The van der Waals surface area contributed by atoms with Crippen molar-refractivity contribution < 1.29 is 27.4 Å². The third kappa shape index (κ3) is 6.46. The summed E-state index contributed by atoms with van der Waals surface area (Å²) < 4.78 is 40.7. The second kappa shape index (κ2) is 10.9. The normalized spacial score (nSPS) is 14.7. The Kier molecular flexibility index (Phi) is 8.13. The van der Waals surface area contributed by atoms with Crippen molar-refractivity contribution in [2.24, 2.45) is 0 Å². The van der Waals surface area contributed by atoms with E-state index in [9.17, 15) is 13.2 Å². The first-order valence-electron chi connectivity index (χ1n) is 11.1. The zero-order valence-electron chi connectivity index (χ0n) is 20.1. The highest BCUT2D eigenvalue weighted by Crippen LogP contribution is 2.35. The third-order valence-electron chi connectivity index (χ3n) is 5.07. The molecule has 0 saturated carbocycles. The van der Waals surface area contributed by atoms with Gasteiger partial charge in [-0.2, -0.15) is 4.98 Å². The van der Waals surface area contributed by atoms with Crippen molar-refractivity contribution in [2.45, 2.75) is 57.8 Å². The van der Waals surface area contributed by atoms with Crippen molar-refractivity contribution in [3.8, 4) is 11.6 Å². The van der Waals surface area contributed by atoms with Crippen LogP contribution < -0.4 is 14.8 Å². The van der Waals surface area contributed by atoms with E-state index in [-0.39, 0.29) is 23.3 Å². The Morgan fingerprint density at radius 2 is 1.94 bits per heavy atom. The lowest BCUT2D eigenvalue weighted by atomic mass is 10.1. The minimum atomic E-state index is -3.41. The fraction of sp³-hybridized carbons (Fsp3) is 0.545. The number of ether oxygens (including phenoxy) is 3. The van der Waals surface area contributed by atoms with E-state index in [0.29, 0.717) is 61.4 Å². The van der Waals surface area contributed by atoms with Crippen LogP contribution in [0.3, 0.4) is 0 Å². The van der Waals surface area contributed by atoms with Gasteiger partial charge in [-0.1, -0.05) is 0 Å². The van der Waals surface area contributed by atoms with Gasteiger partial charge in [0.25, 0.3) is 5.88 Å². The average molecular weight is 494 g/mol. The molecule has 1 aliphatic heterocycles. The molecule has 0 atom stereocenters. The van der Waals surface area contributed by atoms with E-state index in [1.807, 2.05) is 20.8 Å². The number of nitrogens with zero attached hydrogens (tertiary/aromatic N) is 4. The Hall–Kier alpha value is -3.15. The summed E-state index contributed by atoms with van der Waals surface area (Å²) in [5, 5.41) is 3.14. The van der Waals surface area contributed by atoms with Crippen LogP contribution in [0.1, 0.15) is 39.3 Å². The molecule has 1 fully saturated rings. The van der Waals surface area contributed by atoms with Gasteiger partial charge in [-0.3, -0.25) is 0 Å². The van der Waals surface area contributed by atoms with Gasteiger partial charge in [0.15, 0.2) is 20.7 Å². The molecule has 1 N–H and O–H groups in total. The fourth-order valence-electron chi connectivity index (χ4n) is 3.40. The first kappa shape index (κ1) is 25.5. The topological polar surface area (TPSA) is 133 Å². The largest absolute Gasteiger partial charge is 0.486 e. The number of carbonyl (C=O) groups is 1. The van der Waals surface area contributed by atoms with E-state index in [2.05, 4.69) is 20.3 Å². The van der Waals surface area contributed by atoms with Crippen LogP contribution >= 0.6 is 0 Å². The monoisotopic (exact) mass is 493 g/mol. The molecule has 0 aliphatic carbocycles. The Morgan fingerprint density at radius 3 is 2.53 bits per heavy atom. The number of piperidine rings is 1. The lowest BCUT2D eigenvalue weighted by Gasteiger charge is -2.32. The number of aryl methyl sites for hydroxylation is 1. The van der Waals surface area contributed by atoms with Crippen molar-refractivity contribution in [2.75, 3.05) is 31.3 Å². The highest BCUT2D eigenvalue weighted by Gasteiger charge is 2.27. The molecule has 3 heterocycles. The molecule has 3 rings (SSSR count). The zero-order chi connectivity index (χ0) is 24.9. The van der Waals surface area contributed by atoms with Crippen molar-refractivity contribution in [3.05, 3.63) is 24.2 Å². The fourth-order valence-corrected chi connectivity index (χ4v) is 4.02. The highest BCUT2D eigenvalue weighted by atomic mass is 32.2. The van der Waals surface area contributed by atoms with Crippen LogP contribution in [0.15, 0.2) is 23.5 Å². The Labute approximate surface area is 199 Å². The predicted molar refractivity (Wildman–Crippen MR) is 125 cm³/mol. The second-order valence-corrected chi connectivity index (χ2v) is 10.2. The van der Waals surface area contributed by atoms with Crippen LogP contribution in [0.25, 0.3) is 0 Å². The van der Waals surface area contributed by atoms with E-state index in [1.54, 1.807) is 17.9 Å². The number of rotatable bonds is 8. The highest BCUT2D eigenvalue weighted by molar-refractivity contribution is 7.90. The minimum absolute atomic E-state index is 0.00379. The number of amides is 1. The van der Waals surface area contributed by atoms with Gasteiger partial charge in [0.05, 0.1) is 24.1 Å². The molecule has 1 aliphatic rings. The Morgan fingerprint density at radius 1 is 1.24 bits per heavy atom. The number of nitrogens with one attached hydrogen (secondary N) is 1. The number of aromatic nitrogens is 3. The van der Waals surface area contributed by atoms with Gasteiger partial charge >= 0.3 is 6.09 Å². The summed E-state index contributed by atoms with van der Waals surface area (Å²) in [4.78, 5) is 26.5. The molecule has 186 valence electrons. The summed E-state index contributed by atoms with van der Waals surface area (Å²) in [7, 11) is -3.41. The van der Waals surface area contributed by atoms with Crippen LogP contribution in [-0.2, 0) is 14.6 Å².